The predicted molar refractivity (Wildman–Crippen MR) is 84.1 cm³/mol. The molecule has 0 unspecified atom stereocenters. The van der Waals surface area contributed by atoms with Crippen LogP contribution in [0.3, 0.4) is 0 Å². The number of hydrogen-bond acceptors (Lipinski definition) is 5. The predicted octanol–water partition coefficient (Wildman–Crippen LogP) is 1.87. The number of hydrogen-bond donors (Lipinski definition) is 2. The highest BCUT2D eigenvalue weighted by Gasteiger charge is 2.14. The molecule has 3 N–H and O–H groups in total. The third kappa shape index (κ3) is 4.28. The summed E-state index contributed by atoms with van der Waals surface area (Å²) in [5.74, 6) is 0.605. The highest BCUT2D eigenvalue weighted by atomic mass is 32.2. The van der Waals surface area contributed by atoms with E-state index >= 15 is 0 Å². The zero-order chi connectivity index (χ0) is 15.3. The van der Waals surface area contributed by atoms with Crippen molar-refractivity contribution in [2.75, 3.05) is 13.2 Å². The Morgan fingerprint density at radius 2 is 1.95 bits per heavy atom. The van der Waals surface area contributed by atoms with Crippen molar-refractivity contribution in [2.24, 2.45) is 5.73 Å². The van der Waals surface area contributed by atoms with Gasteiger partial charge in [0.25, 0.3) is 0 Å². The first kappa shape index (κ1) is 16.0. The average molecular weight is 326 g/mol. The largest absolute Gasteiger partial charge is 0.492 e. The van der Waals surface area contributed by atoms with Crippen LogP contribution in [0.25, 0.3) is 0 Å². The number of ether oxygens (including phenoxy) is 1. The molecule has 21 heavy (non-hydrogen) atoms. The molecule has 0 aliphatic carbocycles. The smallest absolute Gasteiger partial charge is 0.240 e. The van der Waals surface area contributed by atoms with E-state index in [0.717, 1.165) is 11.1 Å². The van der Waals surface area contributed by atoms with E-state index in [-0.39, 0.29) is 4.90 Å². The van der Waals surface area contributed by atoms with Crippen molar-refractivity contribution >= 4 is 21.4 Å². The number of aryl methyl sites for hydroxylation is 1. The Balaban J connectivity index is 2.03. The Kier molecular flexibility index (Phi) is 5.35. The molecule has 2 rings (SSSR count). The Bertz CT molecular complexity index is 678. The molecular formula is C14H18N2O3S2. The molecule has 0 radical (unpaired) electrons. The van der Waals surface area contributed by atoms with Crippen molar-refractivity contribution in [3.8, 4) is 5.75 Å². The normalized spacial score (nSPS) is 11.5. The lowest BCUT2D eigenvalue weighted by Crippen LogP contribution is -2.23. The van der Waals surface area contributed by atoms with E-state index < -0.39 is 10.0 Å². The van der Waals surface area contributed by atoms with Gasteiger partial charge in [0, 0.05) is 13.1 Å². The van der Waals surface area contributed by atoms with E-state index in [1.807, 2.05) is 17.7 Å². The zero-order valence-electron chi connectivity index (χ0n) is 11.7. The first-order chi connectivity index (χ1) is 10.0. The molecule has 0 amide bonds. The molecule has 5 nitrogen and oxygen atoms in total. The molecule has 114 valence electrons. The van der Waals surface area contributed by atoms with E-state index in [9.17, 15) is 8.42 Å². The summed E-state index contributed by atoms with van der Waals surface area (Å²) < 4.78 is 32.3. The summed E-state index contributed by atoms with van der Waals surface area (Å²) in [5.41, 5.74) is 7.43. The average Bonchev–Trinajstić information content (AvgIpc) is 2.89. The Morgan fingerprint density at radius 3 is 2.52 bits per heavy atom. The second kappa shape index (κ2) is 7.04. The van der Waals surface area contributed by atoms with E-state index in [1.54, 1.807) is 23.5 Å². The van der Waals surface area contributed by atoms with Gasteiger partial charge in [0.1, 0.15) is 12.4 Å². The number of thiophene rings is 1. The van der Waals surface area contributed by atoms with Crippen molar-refractivity contribution < 1.29 is 13.2 Å². The number of nitrogens with two attached hydrogens (primary N) is 1. The minimum Gasteiger partial charge on any atom is -0.492 e. The fourth-order valence-electron chi connectivity index (χ4n) is 1.72. The Hall–Kier alpha value is -1.41. The van der Waals surface area contributed by atoms with Crippen LogP contribution in [0.15, 0.2) is 39.9 Å². The lowest BCUT2D eigenvalue weighted by Gasteiger charge is -2.08. The highest BCUT2D eigenvalue weighted by Crippen LogP contribution is 2.17. The van der Waals surface area contributed by atoms with Crippen LogP contribution in [0.5, 0.6) is 5.75 Å². The molecule has 0 atom stereocenters. The molecule has 0 saturated heterocycles. The van der Waals surface area contributed by atoms with Crippen LogP contribution in [0.4, 0.5) is 0 Å². The fourth-order valence-corrected chi connectivity index (χ4v) is 3.58. The van der Waals surface area contributed by atoms with Gasteiger partial charge in [-0.2, -0.15) is 11.3 Å². The van der Waals surface area contributed by atoms with Crippen molar-refractivity contribution in [2.45, 2.75) is 18.4 Å². The van der Waals surface area contributed by atoms with Crippen LogP contribution in [0, 0.1) is 6.92 Å². The standard InChI is InChI=1S/C14H18N2O3S2/c1-11-9-20-10-12(11)8-16-21(17,18)14-4-2-13(3-5-14)19-7-6-15/h2-5,9-10,16H,6-8,15H2,1H3. The van der Waals surface area contributed by atoms with Gasteiger partial charge >= 0.3 is 0 Å². The van der Waals surface area contributed by atoms with Crippen LogP contribution in [-0.2, 0) is 16.6 Å². The second-order valence-electron chi connectivity index (χ2n) is 4.51. The third-order valence-electron chi connectivity index (χ3n) is 2.93. The van der Waals surface area contributed by atoms with Gasteiger partial charge in [-0.25, -0.2) is 13.1 Å². The Labute approximate surface area is 128 Å². The van der Waals surface area contributed by atoms with Crippen LogP contribution < -0.4 is 15.2 Å². The lowest BCUT2D eigenvalue weighted by molar-refractivity contribution is 0.328. The third-order valence-corrected chi connectivity index (χ3v) is 5.26. The molecule has 1 heterocycles. The molecule has 0 fully saturated rings. The van der Waals surface area contributed by atoms with Crippen molar-refractivity contribution in [3.63, 3.8) is 0 Å². The quantitative estimate of drug-likeness (QED) is 0.814. The van der Waals surface area contributed by atoms with Crippen molar-refractivity contribution in [1.29, 1.82) is 0 Å². The van der Waals surface area contributed by atoms with Crippen molar-refractivity contribution in [1.82, 2.24) is 4.72 Å². The first-order valence-electron chi connectivity index (χ1n) is 6.47. The van der Waals surface area contributed by atoms with Gasteiger partial charge in [0.05, 0.1) is 4.90 Å². The number of benzene rings is 1. The van der Waals surface area contributed by atoms with Gasteiger partial charge < -0.3 is 10.5 Å². The summed E-state index contributed by atoms with van der Waals surface area (Å²) in [5, 5.41) is 3.94. The molecule has 1 aromatic carbocycles. The molecule has 0 bridgehead atoms. The van der Waals surface area contributed by atoms with Gasteiger partial charge in [0.15, 0.2) is 0 Å². The molecule has 0 spiro atoms. The van der Waals surface area contributed by atoms with Gasteiger partial charge in [-0.1, -0.05) is 0 Å². The maximum atomic E-state index is 12.2. The minimum atomic E-state index is -3.52. The van der Waals surface area contributed by atoms with Crippen LogP contribution in [0.1, 0.15) is 11.1 Å². The molecule has 0 saturated carbocycles. The van der Waals surface area contributed by atoms with Crippen LogP contribution >= 0.6 is 11.3 Å². The number of rotatable bonds is 7. The van der Waals surface area contributed by atoms with E-state index in [1.165, 1.54) is 12.1 Å². The molecule has 1 aromatic heterocycles. The van der Waals surface area contributed by atoms with E-state index in [0.29, 0.717) is 25.4 Å². The summed E-state index contributed by atoms with van der Waals surface area (Å²) >= 11 is 1.56. The lowest BCUT2D eigenvalue weighted by atomic mass is 10.2. The number of sulfonamides is 1. The van der Waals surface area contributed by atoms with E-state index in [2.05, 4.69) is 4.72 Å². The van der Waals surface area contributed by atoms with Gasteiger partial charge in [-0.15, -0.1) is 0 Å². The Morgan fingerprint density at radius 1 is 1.24 bits per heavy atom. The first-order valence-corrected chi connectivity index (χ1v) is 8.90. The topological polar surface area (TPSA) is 81.4 Å². The summed E-state index contributed by atoms with van der Waals surface area (Å²) in [6, 6.07) is 6.30. The van der Waals surface area contributed by atoms with Gasteiger partial charge in [-0.05, 0) is 53.1 Å². The summed E-state index contributed by atoms with van der Waals surface area (Å²) in [7, 11) is -3.52. The highest BCUT2D eigenvalue weighted by molar-refractivity contribution is 7.89. The maximum Gasteiger partial charge on any atom is 0.240 e. The van der Waals surface area contributed by atoms with Gasteiger partial charge in [0.2, 0.25) is 10.0 Å². The van der Waals surface area contributed by atoms with Crippen molar-refractivity contribution in [3.05, 3.63) is 46.2 Å². The summed E-state index contributed by atoms with van der Waals surface area (Å²) in [6.45, 7) is 3.08. The molecule has 0 aliphatic heterocycles. The van der Waals surface area contributed by atoms with Crippen LogP contribution in [0.2, 0.25) is 0 Å². The summed E-state index contributed by atoms with van der Waals surface area (Å²) in [6.07, 6.45) is 0. The fraction of sp³-hybridized carbons (Fsp3) is 0.286. The molecular weight excluding hydrogens is 308 g/mol. The maximum absolute atomic E-state index is 12.2. The monoisotopic (exact) mass is 326 g/mol. The second-order valence-corrected chi connectivity index (χ2v) is 7.02. The molecule has 0 aliphatic rings. The SMILES string of the molecule is Cc1cscc1CNS(=O)(=O)c1ccc(OCCN)cc1. The summed E-state index contributed by atoms with van der Waals surface area (Å²) in [4.78, 5) is 0.218. The number of nitrogens with one attached hydrogen (secondary N) is 1. The minimum absolute atomic E-state index is 0.218. The van der Waals surface area contributed by atoms with E-state index in [4.69, 9.17) is 10.5 Å². The molecule has 7 heteroatoms. The molecule has 2 aromatic rings. The van der Waals surface area contributed by atoms with Crippen LogP contribution in [-0.4, -0.2) is 21.6 Å². The zero-order valence-corrected chi connectivity index (χ0v) is 13.3. The van der Waals surface area contributed by atoms with Gasteiger partial charge in [-0.3, -0.25) is 0 Å².